The van der Waals surface area contributed by atoms with Gasteiger partial charge in [-0.1, -0.05) is 50.2 Å². The van der Waals surface area contributed by atoms with Crippen LogP contribution in [0, 0.1) is 0 Å². The second kappa shape index (κ2) is 5.75. The Kier molecular flexibility index (Phi) is 3.74. The molecule has 0 saturated heterocycles. The van der Waals surface area contributed by atoms with Crippen LogP contribution >= 0.6 is 7.44 Å². The fraction of sp³-hybridized carbons (Fsp3) is 0.250. The standard InChI is InChI=1S/C20H23N4OP/c1-20(2)16-12-8-9-13-17(16)23(3)19(20)18-14-21-24(4)26(18,25)22-15-10-6-5-7-11-15/h5-14H,1-4H3,(H,22,25). The van der Waals surface area contributed by atoms with Crippen molar-refractivity contribution in [2.75, 3.05) is 24.1 Å². The molecule has 26 heavy (non-hydrogen) atoms. The number of hydrogen-bond acceptors (Lipinski definition) is 3. The van der Waals surface area contributed by atoms with Gasteiger partial charge in [-0.25, -0.2) is 4.78 Å². The predicted molar refractivity (Wildman–Crippen MR) is 109 cm³/mol. The third-order valence-electron chi connectivity index (χ3n) is 5.24. The van der Waals surface area contributed by atoms with Crippen molar-refractivity contribution in [3.8, 4) is 0 Å². The Bertz CT molecular complexity index is 965. The summed E-state index contributed by atoms with van der Waals surface area (Å²) in [7, 11) is 0.707. The second-order valence-corrected chi connectivity index (χ2v) is 9.66. The zero-order valence-electron chi connectivity index (χ0n) is 15.5. The molecule has 0 fully saturated rings. The van der Waals surface area contributed by atoms with Gasteiger partial charge < -0.3 is 9.99 Å². The molecule has 1 atom stereocenters. The number of nitrogens with one attached hydrogen (secondary N) is 1. The number of para-hydroxylation sites is 2. The summed E-state index contributed by atoms with van der Waals surface area (Å²) in [6, 6.07) is 18.0. The smallest absolute Gasteiger partial charge is 0.308 e. The van der Waals surface area contributed by atoms with E-state index < -0.39 is 7.44 Å². The molecule has 0 saturated carbocycles. The molecule has 0 aromatic heterocycles. The van der Waals surface area contributed by atoms with Gasteiger partial charge in [-0.3, -0.25) is 4.57 Å². The number of allylic oxidation sites excluding steroid dienone is 2. The molecule has 0 amide bonds. The van der Waals surface area contributed by atoms with Crippen LogP contribution in [-0.2, 0) is 9.98 Å². The quantitative estimate of drug-likeness (QED) is 0.771. The summed E-state index contributed by atoms with van der Waals surface area (Å²) in [4.78, 5) is 2.15. The van der Waals surface area contributed by atoms with E-state index in [4.69, 9.17) is 0 Å². The molecule has 0 bridgehead atoms. The third kappa shape index (κ3) is 2.31. The molecule has 1 N–H and O–H groups in total. The highest BCUT2D eigenvalue weighted by Gasteiger charge is 2.47. The zero-order chi connectivity index (χ0) is 18.5. The van der Waals surface area contributed by atoms with Gasteiger partial charge in [-0.15, -0.1) is 0 Å². The lowest BCUT2D eigenvalue weighted by Gasteiger charge is -2.30. The van der Waals surface area contributed by atoms with Gasteiger partial charge in [0.25, 0.3) is 0 Å². The van der Waals surface area contributed by atoms with Crippen LogP contribution in [0.5, 0.6) is 0 Å². The first-order chi connectivity index (χ1) is 12.4. The average Bonchev–Trinajstić information content (AvgIpc) is 3.01. The third-order valence-corrected chi connectivity index (χ3v) is 7.70. The Morgan fingerprint density at radius 2 is 1.65 bits per heavy atom. The number of hydrogen-bond donors (Lipinski definition) is 1. The van der Waals surface area contributed by atoms with Gasteiger partial charge in [0.05, 0.1) is 11.5 Å². The van der Waals surface area contributed by atoms with Crippen molar-refractivity contribution in [1.82, 2.24) is 4.78 Å². The van der Waals surface area contributed by atoms with E-state index in [1.54, 1.807) is 18.0 Å². The summed E-state index contributed by atoms with van der Waals surface area (Å²) in [5, 5.41) is 8.38. The van der Waals surface area contributed by atoms with Gasteiger partial charge in [0.2, 0.25) is 0 Å². The summed E-state index contributed by atoms with van der Waals surface area (Å²) in [6.07, 6.45) is 1.75. The molecule has 2 aromatic carbocycles. The molecular weight excluding hydrogens is 343 g/mol. The number of anilines is 2. The molecule has 2 aliphatic rings. The number of likely N-dealkylation sites (N-methyl/N-ethyl adjacent to an activating group) is 1. The summed E-state index contributed by atoms with van der Waals surface area (Å²) in [5.74, 6) is 0. The van der Waals surface area contributed by atoms with E-state index in [1.807, 2.05) is 43.4 Å². The van der Waals surface area contributed by atoms with Gasteiger partial charge in [-0.05, 0) is 23.8 Å². The van der Waals surface area contributed by atoms with Crippen LogP contribution < -0.4 is 9.99 Å². The van der Waals surface area contributed by atoms with Gasteiger partial charge >= 0.3 is 7.44 Å². The minimum absolute atomic E-state index is 0.258. The minimum Gasteiger partial charge on any atom is -0.346 e. The monoisotopic (exact) mass is 366 g/mol. The van der Waals surface area contributed by atoms with Crippen LogP contribution in [0.4, 0.5) is 11.4 Å². The molecule has 0 spiro atoms. The Labute approximate surface area is 154 Å². The van der Waals surface area contributed by atoms with Gasteiger partial charge in [0.1, 0.15) is 0 Å². The maximum absolute atomic E-state index is 14.0. The zero-order valence-corrected chi connectivity index (χ0v) is 16.4. The lowest BCUT2D eigenvalue weighted by Crippen LogP contribution is -2.26. The average molecular weight is 366 g/mol. The summed E-state index contributed by atoms with van der Waals surface area (Å²) in [5.41, 5.74) is 3.97. The van der Waals surface area contributed by atoms with E-state index in [-0.39, 0.29) is 5.41 Å². The van der Waals surface area contributed by atoms with Crippen molar-refractivity contribution in [3.05, 3.63) is 71.2 Å². The van der Waals surface area contributed by atoms with Crippen LogP contribution in [0.25, 0.3) is 0 Å². The molecule has 2 heterocycles. The van der Waals surface area contributed by atoms with Crippen molar-refractivity contribution in [2.24, 2.45) is 5.10 Å². The maximum Gasteiger partial charge on any atom is 0.308 e. The van der Waals surface area contributed by atoms with Gasteiger partial charge in [-0.2, -0.15) is 5.10 Å². The maximum atomic E-state index is 14.0. The fourth-order valence-electron chi connectivity index (χ4n) is 3.92. The van der Waals surface area contributed by atoms with Crippen LogP contribution in [0.3, 0.4) is 0 Å². The molecule has 2 aromatic rings. The summed E-state index contributed by atoms with van der Waals surface area (Å²) >= 11 is 0. The molecule has 6 heteroatoms. The molecule has 0 radical (unpaired) electrons. The number of hydrazone groups is 1. The lowest BCUT2D eigenvalue weighted by molar-refractivity contribution is 0.505. The fourth-order valence-corrected chi connectivity index (χ4v) is 6.12. The van der Waals surface area contributed by atoms with E-state index in [9.17, 15) is 4.57 Å². The highest BCUT2D eigenvalue weighted by Crippen LogP contribution is 2.63. The van der Waals surface area contributed by atoms with Crippen LogP contribution in [-0.4, -0.2) is 25.1 Å². The van der Waals surface area contributed by atoms with Crippen molar-refractivity contribution in [1.29, 1.82) is 0 Å². The van der Waals surface area contributed by atoms with Crippen LogP contribution in [0.15, 0.2) is 70.7 Å². The molecule has 4 rings (SSSR count). The number of fused-ring (bicyclic) bond motifs is 1. The van der Waals surface area contributed by atoms with Gasteiger partial charge in [0.15, 0.2) is 0 Å². The second-order valence-electron chi connectivity index (χ2n) is 7.22. The molecule has 0 aliphatic carbocycles. The molecule has 5 nitrogen and oxygen atoms in total. The van der Waals surface area contributed by atoms with Crippen molar-refractivity contribution in [2.45, 2.75) is 19.3 Å². The lowest BCUT2D eigenvalue weighted by atomic mass is 9.84. The normalized spacial score (nSPS) is 26.3. The topological polar surface area (TPSA) is 47.9 Å². The number of benzene rings is 2. The first-order valence-electron chi connectivity index (χ1n) is 8.66. The van der Waals surface area contributed by atoms with E-state index in [0.29, 0.717) is 0 Å². The van der Waals surface area contributed by atoms with Crippen molar-refractivity contribution < 1.29 is 4.57 Å². The molecule has 1 unspecified atom stereocenters. The number of rotatable bonds is 2. The Hall–Kier alpha value is -2.52. The van der Waals surface area contributed by atoms with Crippen LogP contribution in [0.2, 0.25) is 0 Å². The summed E-state index contributed by atoms with van der Waals surface area (Å²) < 4.78 is 15.6. The van der Waals surface area contributed by atoms with E-state index in [1.165, 1.54) is 5.56 Å². The Morgan fingerprint density at radius 1 is 1.00 bits per heavy atom. The Morgan fingerprint density at radius 3 is 2.35 bits per heavy atom. The first kappa shape index (κ1) is 16.9. The largest absolute Gasteiger partial charge is 0.346 e. The van der Waals surface area contributed by atoms with E-state index >= 15 is 0 Å². The highest BCUT2D eigenvalue weighted by atomic mass is 31.2. The highest BCUT2D eigenvalue weighted by molar-refractivity contribution is 7.68. The Balaban J connectivity index is 1.88. The van der Waals surface area contributed by atoms with Crippen molar-refractivity contribution in [3.63, 3.8) is 0 Å². The molecule has 134 valence electrons. The predicted octanol–water partition coefficient (Wildman–Crippen LogP) is 4.86. The SMILES string of the molecule is CN1C(=C2C=NN(C)P2(=O)Nc2ccccc2)C(C)(C)c2ccccc21. The molecule has 2 aliphatic heterocycles. The van der Waals surface area contributed by atoms with Crippen LogP contribution in [0.1, 0.15) is 19.4 Å². The summed E-state index contributed by atoms with van der Waals surface area (Å²) in [6.45, 7) is 4.35. The molecular formula is C20H23N4OP. The number of nitrogens with zero attached hydrogens (tertiary/aromatic N) is 3. The van der Waals surface area contributed by atoms with E-state index in [0.717, 1.165) is 22.4 Å². The first-order valence-corrected chi connectivity index (χ1v) is 10.3. The van der Waals surface area contributed by atoms with E-state index in [2.05, 4.69) is 47.1 Å². The van der Waals surface area contributed by atoms with Gasteiger partial charge in [0, 0.05) is 36.6 Å². The van der Waals surface area contributed by atoms with Crippen molar-refractivity contribution >= 4 is 25.0 Å². The minimum atomic E-state index is -3.09.